The van der Waals surface area contributed by atoms with Crippen LogP contribution in [0.25, 0.3) is 0 Å². The van der Waals surface area contributed by atoms with Crippen molar-refractivity contribution in [3.8, 4) is 0 Å². The van der Waals surface area contributed by atoms with Crippen molar-refractivity contribution in [1.82, 2.24) is 0 Å². The van der Waals surface area contributed by atoms with Crippen LogP contribution in [0.15, 0.2) is 12.2 Å². The summed E-state index contributed by atoms with van der Waals surface area (Å²) < 4.78 is 13.1. The third-order valence-electron chi connectivity index (χ3n) is 3.02. The van der Waals surface area contributed by atoms with Crippen LogP contribution in [-0.4, -0.2) is 12.7 Å². The van der Waals surface area contributed by atoms with Gasteiger partial charge in [-0.15, -0.1) is 0 Å². The Labute approximate surface area is 66.5 Å². The lowest BCUT2D eigenvalue weighted by atomic mass is 9.89. The zero-order chi connectivity index (χ0) is 7.84. The molecule has 1 saturated carbocycles. The molecule has 2 aliphatic carbocycles. The van der Waals surface area contributed by atoms with E-state index in [1.165, 1.54) is 6.42 Å². The second kappa shape index (κ2) is 2.59. The molecule has 2 N–H and O–H groups in total. The van der Waals surface area contributed by atoms with Crippen LogP contribution in [-0.2, 0) is 0 Å². The Morgan fingerprint density at radius 3 is 2.73 bits per heavy atom. The summed E-state index contributed by atoms with van der Waals surface area (Å²) in [6, 6.07) is 0. The van der Waals surface area contributed by atoms with E-state index in [1.54, 1.807) is 0 Å². The molecule has 0 spiro atoms. The van der Waals surface area contributed by atoms with Gasteiger partial charge in [-0.1, -0.05) is 12.2 Å². The zero-order valence-electron chi connectivity index (χ0n) is 6.54. The van der Waals surface area contributed by atoms with E-state index in [0.717, 1.165) is 6.42 Å². The van der Waals surface area contributed by atoms with Gasteiger partial charge in [0, 0.05) is 6.54 Å². The van der Waals surface area contributed by atoms with Crippen molar-refractivity contribution in [3.05, 3.63) is 12.2 Å². The van der Waals surface area contributed by atoms with Crippen LogP contribution in [0.2, 0.25) is 0 Å². The summed E-state index contributed by atoms with van der Waals surface area (Å²) in [6.07, 6.45) is 5.82. The van der Waals surface area contributed by atoms with E-state index < -0.39 is 6.17 Å². The number of halogens is 1. The highest BCUT2D eigenvalue weighted by molar-refractivity contribution is 5.11. The van der Waals surface area contributed by atoms with Gasteiger partial charge in [-0.25, -0.2) is 4.39 Å². The van der Waals surface area contributed by atoms with Crippen LogP contribution >= 0.6 is 0 Å². The van der Waals surface area contributed by atoms with E-state index in [9.17, 15) is 4.39 Å². The summed E-state index contributed by atoms with van der Waals surface area (Å²) in [5, 5.41) is 0. The number of allylic oxidation sites excluding steroid dienone is 2. The Morgan fingerprint density at radius 2 is 2.27 bits per heavy atom. The Hall–Kier alpha value is -0.370. The molecule has 1 fully saturated rings. The number of hydrogen-bond acceptors (Lipinski definition) is 1. The first-order valence-electron chi connectivity index (χ1n) is 4.33. The van der Waals surface area contributed by atoms with Gasteiger partial charge in [0.05, 0.1) is 0 Å². The molecule has 2 rings (SSSR count). The maximum Gasteiger partial charge on any atom is 0.116 e. The van der Waals surface area contributed by atoms with E-state index >= 15 is 0 Å². The van der Waals surface area contributed by atoms with Gasteiger partial charge in [-0.3, -0.25) is 0 Å². The van der Waals surface area contributed by atoms with Gasteiger partial charge in [0.1, 0.15) is 6.17 Å². The van der Waals surface area contributed by atoms with E-state index in [4.69, 9.17) is 5.73 Å². The second-order valence-electron chi connectivity index (χ2n) is 3.70. The van der Waals surface area contributed by atoms with Gasteiger partial charge >= 0.3 is 0 Å². The molecule has 4 atom stereocenters. The van der Waals surface area contributed by atoms with Gasteiger partial charge in [-0.2, -0.15) is 0 Å². The van der Waals surface area contributed by atoms with E-state index in [-0.39, 0.29) is 12.5 Å². The van der Waals surface area contributed by atoms with Crippen molar-refractivity contribution in [2.45, 2.75) is 19.0 Å². The SMILES string of the molecule is NCC(F)C1CC2C=CC1C2. The van der Waals surface area contributed by atoms with Gasteiger partial charge < -0.3 is 5.73 Å². The Kier molecular flexibility index (Phi) is 1.72. The fourth-order valence-electron chi connectivity index (χ4n) is 2.41. The first kappa shape index (κ1) is 7.29. The number of nitrogens with two attached hydrogens (primary N) is 1. The van der Waals surface area contributed by atoms with E-state index in [0.29, 0.717) is 11.8 Å². The standard InChI is InChI=1S/C9H14FN/c10-9(5-11)8-4-6-1-2-7(8)3-6/h1-2,6-9H,3-5,11H2. The molecule has 0 amide bonds. The monoisotopic (exact) mass is 155 g/mol. The molecule has 0 radical (unpaired) electrons. The second-order valence-corrected chi connectivity index (χ2v) is 3.70. The molecule has 0 aliphatic heterocycles. The average Bonchev–Trinajstić information content (AvgIpc) is 2.62. The maximum absolute atomic E-state index is 13.1. The highest BCUT2D eigenvalue weighted by Crippen LogP contribution is 2.45. The van der Waals surface area contributed by atoms with Crippen molar-refractivity contribution in [2.75, 3.05) is 6.54 Å². The predicted octanol–water partition coefficient (Wildman–Crippen LogP) is 1.50. The summed E-state index contributed by atoms with van der Waals surface area (Å²) in [5.74, 6) is 1.39. The number of alkyl halides is 1. The van der Waals surface area contributed by atoms with Gasteiger partial charge in [0.15, 0.2) is 0 Å². The molecule has 11 heavy (non-hydrogen) atoms. The van der Waals surface area contributed by atoms with Crippen LogP contribution in [0, 0.1) is 17.8 Å². The molecular formula is C9H14FN. The van der Waals surface area contributed by atoms with Crippen LogP contribution < -0.4 is 5.73 Å². The van der Waals surface area contributed by atoms with Gasteiger partial charge in [-0.05, 0) is 30.6 Å². The molecule has 2 bridgehead atoms. The minimum atomic E-state index is -0.769. The molecule has 0 aromatic rings. The topological polar surface area (TPSA) is 26.0 Å². The summed E-state index contributed by atoms with van der Waals surface area (Å²) >= 11 is 0. The highest BCUT2D eigenvalue weighted by Gasteiger charge is 2.39. The van der Waals surface area contributed by atoms with Crippen LogP contribution in [0.4, 0.5) is 4.39 Å². The zero-order valence-corrected chi connectivity index (χ0v) is 6.54. The molecule has 4 unspecified atom stereocenters. The van der Waals surface area contributed by atoms with Crippen LogP contribution in [0.5, 0.6) is 0 Å². The van der Waals surface area contributed by atoms with Crippen molar-refractivity contribution in [2.24, 2.45) is 23.5 Å². The third-order valence-corrected chi connectivity index (χ3v) is 3.02. The van der Waals surface area contributed by atoms with Gasteiger partial charge in [0.2, 0.25) is 0 Å². The van der Waals surface area contributed by atoms with Crippen molar-refractivity contribution >= 4 is 0 Å². The smallest absolute Gasteiger partial charge is 0.116 e. The number of rotatable bonds is 2. The third kappa shape index (κ3) is 1.09. The normalized spacial score (nSPS) is 43.3. The Morgan fingerprint density at radius 1 is 1.45 bits per heavy atom. The summed E-state index contributed by atoms with van der Waals surface area (Å²) in [7, 11) is 0. The maximum atomic E-state index is 13.1. The molecule has 2 aliphatic rings. The van der Waals surface area contributed by atoms with Crippen molar-refractivity contribution in [1.29, 1.82) is 0 Å². The average molecular weight is 155 g/mol. The minimum Gasteiger partial charge on any atom is -0.328 e. The first-order valence-corrected chi connectivity index (χ1v) is 4.33. The molecule has 2 heteroatoms. The fraction of sp³-hybridized carbons (Fsp3) is 0.778. The van der Waals surface area contributed by atoms with Crippen LogP contribution in [0.1, 0.15) is 12.8 Å². The molecular weight excluding hydrogens is 141 g/mol. The van der Waals surface area contributed by atoms with Gasteiger partial charge in [0.25, 0.3) is 0 Å². The summed E-state index contributed by atoms with van der Waals surface area (Å²) in [6.45, 7) is 0.196. The molecule has 0 saturated heterocycles. The Bertz CT molecular complexity index is 178. The Balaban J connectivity index is 2.02. The molecule has 62 valence electrons. The highest BCUT2D eigenvalue weighted by atomic mass is 19.1. The lowest BCUT2D eigenvalue weighted by Crippen LogP contribution is -2.27. The number of hydrogen-bond donors (Lipinski definition) is 1. The summed E-state index contributed by atoms with van der Waals surface area (Å²) in [4.78, 5) is 0. The largest absolute Gasteiger partial charge is 0.328 e. The first-order chi connectivity index (χ1) is 5.31. The predicted molar refractivity (Wildman–Crippen MR) is 42.8 cm³/mol. The van der Waals surface area contributed by atoms with E-state index in [1.807, 2.05) is 0 Å². The molecule has 0 aromatic heterocycles. The number of fused-ring (bicyclic) bond motifs is 2. The fourth-order valence-corrected chi connectivity index (χ4v) is 2.41. The lowest BCUT2D eigenvalue weighted by molar-refractivity contribution is 0.208. The van der Waals surface area contributed by atoms with Crippen molar-refractivity contribution in [3.63, 3.8) is 0 Å². The molecule has 0 aromatic carbocycles. The molecule has 1 nitrogen and oxygen atoms in total. The quantitative estimate of drug-likeness (QED) is 0.601. The van der Waals surface area contributed by atoms with Crippen LogP contribution in [0.3, 0.4) is 0 Å². The summed E-state index contributed by atoms with van der Waals surface area (Å²) in [5.41, 5.74) is 5.28. The lowest BCUT2D eigenvalue weighted by Gasteiger charge is -2.20. The van der Waals surface area contributed by atoms with Crippen molar-refractivity contribution < 1.29 is 4.39 Å². The van der Waals surface area contributed by atoms with E-state index in [2.05, 4.69) is 12.2 Å². The molecule has 0 heterocycles. The minimum absolute atomic E-state index is 0.196.